The lowest BCUT2D eigenvalue weighted by Gasteiger charge is -2.15. The van der Waals surface area contributed by atoms with Crippen LogP contribution in [0.2, 0.25) is 0 Å². The highest BCUT2D eigenvalue weighted by molar-refractivity contribution is 5.29. The van der Waals surface area contributed by atoms with Crippen LogP contribution in [0.3, 0.4) is 0 Å². The molecule has 0 amide bonds. The molecule has 2 N–H and O–H groups in total. The first kappa shape index (κ1) is 12.8. The molecule has 0 bridgehead atoms. The van der Waals surface area contributed by atoms with E-state index in [2.05, 4.69) is 27.5 Å². The molecule has 0 aromatic carbocycles. The summed E-state index contributed by atoms with van der Waals surface area (Å²) in [7, 11) is 0. The van der Waals surface area contributed by atoms with Crippen LogP contribution in [0.5, 0.6) is 0 Å². The summed E-state index contributed by atoms with van der Waals surface area (Å²) in [5.41, 5.74) is 9.48. The van der Waals surface area contributed by atoms with Gasteiger partial charge >= 0.3 is 0 Å². The zero-order valence-corrected chi connectivity index (χ0v) is 11.2. The summed E-state index contributed by atoms with van der Waals surface area (Å²) in [5.74, 6) is 0.885. The lowest BCUT2D eigenvalue weighted by atomic mass is 10.1. The first-order valence-electron chi connectivity index (χ1n) is 6.33. The molecule has 0 saturated heterocycles. The summed E-state index contributed by atoms with van der Waals surface area (Å²) in [5, 5.41) is 0. The monoisotopic (exact) mass is 244 g/mol. The van der Waals surface area contributed by atoms with Gasteiger partial charge in [-0.1, -0.05) is 13.0 Å². The van der Waals surface area contributed by atoms with E-state index in [0.717, 1.165) is 35.6 Å². The topological polar surface area (TPSA) is 56.7 Å². The number of aromatic nitrogens is 3. The van der Waals surface area contributed by atoms with Gasteiger partial charge in [-0.2, -0.15) is 0 Å². The quantitative estimate of drug-likeness (QED) is 0.898. The summed E-state index contributed by atoms with van der Waals surface area (Å²) in [4.78, 5) is 8.83. The number of pyridine rings is 1. The van der Waals surface area contributed by atoms with Gasteiger partial charge in [0.1, 0.15) is 11.9 Å². The molecule has 96 valence electrons. The molecule has 18 heavy (non-hydrogen) atoms. The Kier molecular flexibility index (Phi) is 3.77. The van der Waals surface area contributed by atoms with Crippen LogP contribution >= 0.6 is 0 Å². The third-order valence-electron chi connectivity index (χ3n) is 3.04. The SMILES string of the molecule is CCCn1ccnc1C(N)c1ncc(C)cc1C. The number of hydrogen-bond acceptors (Lipinski definition) is 3. The molecule has 2 aromatic heterocycles. The third kappa shape index (κ3) is 2.43. The molecule has 4 nitrogen and oxygen atoms in total. The van der Waals surface area contributed by atoms with E-state index in [9.17, 15) is 0 Å². The fraction of sp³-hybridized carbons (Fsp3) is 0.429. The van der Waals surface area contributed by atoms with Gasteiger partial charge in [0.2, 0.25) is 0 Å². The third-order valence-corrected chi connectivity index (χ3v) is 3.04. The fourth-order valence-electron chi connectivity index (χ4n) is 2.20. The van der Waals surface area contributed by atoms with Gasteiger partial charge in [0, 0.05) is 25.1 Å². The number of nitrogens with zero attached hydrogens (tertiary/aromatic N) is 3. The van der Waals surface area contributed by atoms with E-state index in [0.29, 0.717) is 0 Å². The van der Waals surface area contributed by atoms with E-state index < -0.39 is 0 Å². The largest absolute Gasteiger partial charge is 0.333 e. The average molecular weight is 244 g/mol. The number of rotatable bonds is 4. The zero-order valence-electron chi connectivity index (χ0n) is 11.2. The standard InChI is InChI=1S/C14H20N4/c1-4-6-18-7-5-16-14(18)12(15)13-11(3)8-10(2)9-17-13/h5,7-9,12H,4,6,15H2,1-3H3. The van der Waals surface area contributed by atoms with Gasteiger partial charge in [-0.15, -0.1) is 0 Å². The smallest absolute Gasteiger partial charge is 0.131 e. The van der Waals surface area contributed by atoms with Crippen molar-refractivity contribution in [3.63, 3.8) is 0 Å². The fourth-order valence-corrected chi connectivity index (χ4v) is 2.20. The number of aryl methyl sites for hydroxylation is 3. The first-order chi connectivity index (χ1) is 8.63. The van der Waals surface area contributed by atoms with Crippen LogP contribution in [0.4, 0.5) is 0 Å². The molecular weight excluding hydrogens is 224 g/mol. The molecule has 0 aliphatic rings. The minimum absolute atomic E-state index is 0.257. The van der Waals surface area contributed by atoms with Gasteiger partial charge in [0.05, 0.1) is 5.69 Å². The Hall–Kier alpha value is -1.68. The second-order valence-corrected chi connectivity index (χ2v) is 4.67. The molecule has 0 aliphatic carbocycles. The highest BCUT2D eigenvalue weighted by Gasteiger charge is 2.17. The summed E-state index contributed by atoms with van der Waals surface area (Å²) in [6.07, 6.45) is 6.70. The lowest BCUT2D eigenvalue weighted by molar-refractivity contribution is 0.606. The van der Waals surface area contributed by atoms with Crippen molar-refractivity contribution in [1.82, 2.24) is 14.5 Å². The highest BCUT2D eigenvalue weighted by atomic mass is 15.1. The molecule has 2 aromatic rings. The van der Waals surface area contributed by atoms with E-state index in [4.69, 9.17) is 5.73 Å². The molecule has 4 heteroatoms. The van der Waals surface area contributed by atoms with Crippen molar-refractivity contribution < 1.29 is 0 Å². The van der Waals surface area contributed by atoms with Gasteiger partial charge in [-0.05, 0) is 31.4 Å². The van der Waals surface area contributed by atoms with Crippen LogP contribution in [-0.4, -0.2) is 14.5 Å². The molecule has 1 atom stereocenters. The van der Waals surface area contributed by atoms with Gasteiger partial charge in [0.15, 0.2) is 0 Å². The van der Waals surface area contributed by atoms with E-state index in [-0.39, 0.29) is 6.04 Å². The molecule has 1 unspecified atom stereocenters. The zero-order chi connectivity index (χ0) is 13.1. The molecule has 0 saturated carbocycles. The molecule has 2 rings (SSSR count). The highest BCUT2D eigenvalue weighted by Crippen LogP contribution is 2.20. The molecule has 0 fully saturated rings. The number of nitrogens with two attached hydrogens (primary N) is 1. The predicted octanol–water partition coefficient (Wildman–Crippen LogP) is 2.35. The van der Waals surface area contributed by atoms with Crippen molar-refractivity contribution in [3.05, 3.63) is 47.3 Å². The molecule has 0 spiro atoms. The van der Waals surface area contributed by atoms with E-state index in [1.54, 1.807) is 6.20 Å². The first-order valence-corrected chi connectivity index (χ1v) is 6.33. The second kappa shape index (κ2) is 5.31. The molecule has 0 radical (unpaired) electrons. The van der Waals surface area contributed by atoms with Crippen LogP contribution < -0.4 is 5.73 Å². The van der Waals surface area contributed by atoms with Gasteiger partial charge < -0.3 is 10.3 Å². The van der Waals surface area contributed by atoms with Crippen LogP contribution in [0, 0.1) is 13.8 Å². The Morgan fingerprint density at radius 3 is 2.78 bits per heavy atom. The van der Waals surface area contributed by atoms with Crippen LogP contribution in [0.1, 0.15) is 42.0 Å². The van der Waals surface area contributed by atoms with Crippen molar-refractivity contribution in [2.45, 2.75) is 39.8 Å². The normalized spacial score (nSPS) is 12.7. The Morgan fingerprint density at radius 1 is 1.33 bits per heavy atom. The van der Waals surface area contributed by atoms with Gasteiger partial charge in [-0.3, -0.25) is 4.98 Å². The summed E-state index contributed by atoms with van der Waals surface area (Å²) < 4.78 is 2.10. The van der Waals surface area contributed by atoms with Crippen molar-refractivity contribution in [2.24, 2.45) is 5.73 Å². The average Bonchev–Trinajstić information content (AvgIpc) is 2.77. The van der Waals surface area contributed by atoms with Crippen molar-refractivity contribution in [3.8, 4) is 0 Å². The summed E-state index contributed by atoms with van der Waals surface area (Å²) >= 11 is 0. The maximum atomic E-state index is 6.30. The minimum atomic E-state index is -0.257. The molecule has 2 heterocycles. The van der Waals surface area contributed by atoms with E-state index >= 15 is 0 Å². The number of hydrogen-bond donors (Lipinski definition) is 1. The number of imidazole rings is 1. The van der Waals surface area contributed by atoms with Gasteiger partial charge in [-0.25, -0.2) is 4.98 Å². The van der Waals surface area contributed by atoms with Crippen molar-refractivity contribution in [1.29, 1.82) is 0 Å². The molecular formula is C14H20N4. The van der Waals surface area contributed by atoms with Crippen LogP contribution in [-0.2, 0) is 6.54 Å². The maximum Gasteiger partial charge on any atom is 0.131 e. The molecule has 0 aliphatic heterocycles. The summed E-state index contributed by atoms with van der Waals surface area (Å²) in [6.45, 7) is 7.16. The van der Waals surface area contributed by atoms with Crippen molar-refractivity contribution in [2.75, 3.05) is 0 Å². The Balaban J connectivity index is 2.35. The lowest BCUT2D eigenvalue weighted by Crippen LogP contribution is -2.20. The Morgan fingerprint density at radius 2 is 2.11 bits per heavy atom. The predicted molar refractivity (Wildman–Crippen MR) is 72.3 cm³/mol. The minimum Gasteiger partial charge on any atom is -0.333 e. The van der Waals surface area contributed by atoms with Gasteiger partial charge in [0.25, 0.3) is 0 Å². The van der Waals surface area contributed by atoms with Crippen LogP contribution in [0.15, 0.2) is 24.7 Å². The second-order valence-electron chi connectivity index (χ2n) is 4.67. The van der Waals surface area contributed by atoms with E-state index in [1.165, 1.54) is 0 Å². The summed E-state index contributed by atoms with van der Waals surface area (Å²) in [6, 6.07) is 1.85. The Labute approximate surface area is 108 Å². The van der Waals surface area contributed by atoms with E-state index in [1.807, 2.05) is 26.2 Å². The Bertz CT molecular complexity index is 530. The van der Waals surface area contributed by atoms with Crippen LogP contribution in [0.25, 0.3) is 0 Å². The maximum absolute atomic E-state index is 6.30. The van der Waals surface area contributed by atoms with Crippen molar-refractivity contribution >= 4 is 0 Å².